The Bertz CT molecular complexity index is 837. The molecule has 0 bridgehead atoms. The van der Waals surface area contributed by atoms with Crippen molar-refractivity contribution in [3.8, 4) is 0 Å². The van der Waals surface area contributed by atoms with Crippen LogP contribution in [0.1, 0.15) is 17.3 Å². The first-order chi connectivity index (χ1) is 11.2. The normalized spacial score (nSPS) is 23.6. The van der Waals surface area contributed by atoms with Crippen molar-refractivity contribution in [3.05, 3.63) is 28.5 Å². The van der Waals surface area contributed by atoms with Crippen LogP contribution in [0, 0.1) is 0 Å². The number of hydrogen-bond donors (Lipinski definition) is 3. The fourth-order valence-electron chi connectivity index (χ4n) is 2.84. The Hall–Kier alpha value is -2.36. The van der Waals surface area contributed by atoms with Crippen LogP contribution in [0.4, 0.5) is 14.9 Å². The van der Waals surface area contributed by atoms with Crippen molar-refractivity contribution in [2.24, 2.45) is 5.73 Å². The Labute approximate surface area is 144 Å². The predicted molar refractivity (Wildman–Crippen MR) is 87.9 cm³/mol. The molecular weight excluding hydrogens is 385 g/mol. The van der Waals surface area contributed by atoms with Crippen LogP contribution in [0.5, 0.6) is 0 Å². The van der Waals surface area contributed by atoms with Gasteiger partial charge in [-0.2, -0.15) is 5.10 Å². The molecule has 8 nitrogen and oxygen atoms in total. The number of rotatable bonds is 3. The average molecular weight is 400 g/mol. The molecule has 1 aliphatic rings. The molecule has 0 aromatic carbocycles. The van der Waals surface area contributed by atoms with Gasteiger partial charge in [-0.3, -0.25) is 4.79 Å². The number of amides is 2. The first kappa shape index (κ1) is 16.5. The number of fused-ring (bicyclic) bond motifs is 1. The molecule has 0 saturated carbocycles. The topological polar surface area (TPSA) is 113 Å². The Morgan fingerprint density at radius 3 is 2.88 bits per heavy atom. The highest BCUT2D eigenvalue weighted by atomic mass is 79.9. The number of nitrogens with one attached hydrogen (secondary N) is 1. The third kappa shape index (κ3) is 2.77. The second-order valence-corrected chi connectivity index (χ2v) is 6.84. The van der Waals surface area contributed by atoms with Gasteiger partial charge in [-0.25, -0.2) is 13.7 Å². The number of carbonyl (C=O) groups is 2. The number of aromatic nitrogens is 2. The Kier molecular flexibility index (Phi) is 3.86. The molecule has 2 amide bonds. The van der Waals surface area contributed by atoms with Gasteiger partial charge in [0.25, 0.3) is 5.91 Å². The van der Waals surface area contributed by atoms with Gasteiger partial charge in [0.1, 0.15) is 5.67 Å². The fraction of sp³-hybridized carbons (Fsp3) is 0.357. The van der Waals surface area contributed by atoms with E-state index in [-0.39, 0.29) is 18.7 Å². The van der Waals surface area contributed by atoms with E-state index in [1.54, 1.807) is 12.3 Å². The third-order valence-corrected chi connectivity index (χ3v) is 4.52. The monoisotopic (exact) mass is 399 g/mol. The van der Waals surface area contributed by atoms with Crippen molar-refractivity contribution in [1.29, 1.82) is 0 Å². The van der Waals surface area contributed by atoms with E-state index in [2.05, 4.69) is 26.3 Å². The number of likely N-dealkylation sites (tertiary alicyclic amines) is 1. The van der Waals surface area contributed by atoms with Crippen molar-refractivity contribution in [2.45, 2.75) is 18.6 Å². The molecule has 1 aliphatic heterocycles. The summed E-state index contributed by atoms with van der Waals surface area (Å²) in [7, 11) is 0. The standard InChI is InChI=1S/C14H15BrFN5O3/c1-14(16)6-20(13(23)24)5-10(14)19-11-8(12(17)22)3-18-21-4-7(15)2-9(11)21/h2-4,10,19H,5-6H2,1H3,(H2,17,22)(H,23,24). The van der Waals surface area contributed by atoms with Gasteiger partial charge in [0.2, 0.25) is 0 Å². The quantitative estimate of drug-likeness (QED) is 0.726. The molecule has 2 atom stereocenters. The molecule has 3 rings (SSSR count). The summed E-state index contributed by atoms with van der Waals surface area (Å²) in [6.45, 7) is 1.03. The molecule has 4 N–H and O–H groups in total. The summed E-state index contributed by atoms with van der Waals surface area (Å²) >= 11 is 3.32. The van der Waals surface area contributed by atoms with Crippen LogP contribution < -0.4 is 11.1 Å². The van der Waals surface area contributed by atoms with Crippen LogP contribution >= 0.6 is 15.9 Å². The molecule has 1 fully saturated rings. The molecule has 1 saturated heterocycles. The molecule has 0 spiro atoms. The van der Waals surface area contributed by atoms with Crippen molar-refractivity contribution >= 4 is 39.1 Å². The number of halogens is 2. The lowest BCUT2D eigenvalue weighted by Gasteiger charge is -2.24. The number of anilines is 1. The number of carbonyl (C=O) groups excluding carboxylic acids is 1. The fourth-order valence-corrected chi connectivity index (χ4v) is 3.25. The average Bonchev–Trinajstić information content (AvgIpc) is 2.98. The van der Waals surface area contributed by atoms with Gasteiger partial charge in [-0.15, -0.1) is 0 Å². The smallest absolute Gasteiger partial charge is 0.407 e. The molecule has 2 unspecified atom stereocenters. The van der Waals surface area contributed by atoms with Crippen LogP contribution in [0.25, 0.3) is 5.52 Å². The Balaban J connectivity index is 2.04. The Morgan fingerprint density at radius 2 is 2.29 bits per heavy atom. The van der Waals surface area contributed by atoms with Crippen molar-refractivity contribution in [1.82, 2.24) is 14.5 Å². The zero-order valence-electron chi connectivity index (χ0n) is 12.7. The van der Waals surface area contributed by atoms with E-state index in [1.807, 2.05) is 0 Å². The van der Waals surface area contributed by atoms with Gasteiger partial charge in [0.15, 0.2) is 0 Å². The van der Waals surface area contributed by atoms with Gasteiger partial charge >= 0.3 is 6.09 Å². The lowest BCUT2D eigenvalue weighted by Crippen LogP contribution is -2.40. The van der Waals surface area contributed by atoms with Crippen molar-refractivity contribution < 1.29 is 19.1 Å². The maximum atomic E-state index is 14.8. The summed E-state index contributed by atoms with van der Waals surface area (Å²) in [6, 6.07) is 0.882. The third-order valence-electron chi connectivity index (χ3n) is 4.09. The second kappa shape index (κ2) is 5.62. The summed E-state index contributed by atoms with van der Waals surface area (Å²) in [6.07, 6.45) is 1.78. The second-order valence-electron chi connectivity index (χ2n) is 5.92. The number of nitrogens with zero attached hydrogens (tertiary/aromatic N) is 3. The van der Waals surface area contributed by atoms with E-state index in [9.17, 15) is 14.0 Å². The first-order valence-electron chi connectivity index (χ1n) is 7.09. The predicted octanol–water partition coefficient (Wildman–Crippen LogP) is 1.70. The molecule has 128 valence electrons. The lowest BCUT2D eigenvalue weighted by molar-refractivity contribution is 0.1000. The van der Waals surface area contributed by atoms with Crippen LogP contribution in [0.3, 0.4) is 0 Å². The summed E-state index contributed by atoms with van der Waals surface area (Å²) in [5.41, 5.74) is 4.56. The number of alkyl halides is 1. The molecule has 2 aromatic heterocycles. The maximum absolute atomic E-state index is 14.8. The minimum Gasteiger partial charge on any atom is -0.465 e. The minimum atomic E-state index is -1.79. The zero-order chi connectivity index (χ0) is 17.6. The highest BCUT2D eigenvalue weighted by molar-refractivity contribution is 9.10. The van der Waals surface area contributed by atoms with Gasteiger partial charge in [-0.05, 0) is 28.9 Å². The van der Waals surface area contributed by atoms with Crippen LogP contribution in [0.15, 0.2) is 22.9 Å². The first-order valence-corrected chi connectivity index (χ1v) is 7.88. The van der Waals surface area contributed by atoms with Gasteiger partial charge in [0.05, 0.1) is 35.6 Å². The van der Waals surface area contributed by atoms with Crippen LogP contribution in [0.2, 0.25) is 0 Å². The molecule has 10 heteroatoms. The van der Waals surface area contributed by atoms with Gasteiger partial charge < -0.3 is 21.1 Å². The van der Waals surface area contributed by atoms with Crippen molar-refractivity contribution in [2.75, 3.05) is 18.4 Å². The Morgan fingerprint density at radius 1 is 1.58 bits per heavy atom. The van der Waals surface area contributed by atoms with Gasteiger partial charge in [0, 0.05) is 17.2 Å². The van der Waals surface area contributed by atoms with Crippen molar-refractivity contribution in [3.63, 3.8) is 0 Å². The molecular formula is C14H15BrFN5O3. The molecule has 24 heavy (non-hydrogen) atoms. The SMILES string of the molecule is CC1(F)CN(C(=O)O)CC1Nc1c(C(N)=O)cnn2cc(Br)cc12. The molecule has 2 aromatic rings. The van der Waals surface area contributed by atoms with Gasteiger partial charge in [-0.1, -0.05) is 0 Å². The van der Waals surface area contributed by atoms with E-state index in [0.29, 0.717) is 11.2 Å². The summed E-state index contributed by atoms with van der Waals surface area (Å²) in [5.74, 6) is -0.710. The summed E-state index contributed by atoms with van der Waals surface area (Å²) in [5, 5.41) is 16.1. The van der Waals surface area contributed by atoms with E-state index in [1.165, 1.54) is 17.6 Å². The van der Waals surface area contributed by atoms with E-state index in [4.69, 9.17) is 10.8 Å². The number of hydrogen-bond acceptors (Lipinski definition) is 4. The highest BCUT2D eigenvalue weighted by Gasteiger charge is 2.46. The number of carboxylic acid groups (broad SMARTS) is 1. The van der Waals surface area contributed by atoms with E-state index < -0.39 is 23.7 Å². The molecule has 0 radical (unpaired) electrons. The number of nitrogens with two attached hydrogens (primary N) is 1. The molecule has 0 aliphatic carbocycles. The minimum absolute atomic E-state index is 0.0447. The van der Waals surface area contributed by atoms with Crippen LogP contribution in [-0.4, -0.2) is 56.4 Å². The van der Waals surface area contributed by atoms with Crippen LogP contribution in [-0.2, 0) is 0 Å². The van der Waals surface area contributed by atoms with E-state index >= 15 is 0 Å². The lowest BCUT2D eigenvalue weighted by atomic mass is 10.0. The summed E-state index contributed by atoms with van der Waals surface area (Å²) in [4.78, 5) is 23.8. The largest absolute Gasteiger partial charge is 0.465 e. The number of primary amides is 1. The zero-order valence-corrected chi connectivity index (χ0v) is 14.2. The highest BCUT2D eigenvalue weighted by Crippen LogP contribution is 2.32. The maximum Gasteiger partial charge on any atom is 0.407 e. The molecule has 3 heterocycles. The summed E-state index contributed by atoms with van der Waals surface area (Å²) < 4.78 is 17.0. The van der Waals surface area contributed by atoms with E-state index in [0.717, 1.165) is 9.37 Å².